The predicted molar refractivity (Wildman–Crippen MR) is 70.2 cm³/mol. The molecule has 0 bridgehead atoms. The van der Waals surface area contributed by atoms with E-state index in [-0.39, 0.29) is 0 Å². The van der Waals surface area contributed by atoms with E-state index in [4.69, 9.17) is 22.7 Å². The molecule has 0 aliphatic carbocycles. The van der Waals surface area contributed by atoms with Crippen LogP contribution in [0.3, 0.4) is 0 Å². The van der Waals surface area contributed by atoms with Crippen molar-refractivity contribution < 1.29 is 4.74 Å². The van der Waals surface area contributed by atoms with Crippen LogP contribution in [0.15, 0.2) is 12.3 Å². The van der Waals surface area contributed by atoms with Crippen LogP contribution < -0.4 is 10.6 Å². The molecule has 17 heavy (non-hydrogen) atoms. The lowest BCUT2D eigenvalue weighted by Gasteiger charge is -2.36. The number of hydrogen-bond donors (Lipinski definition) is 1. The average molecular weight is 252 g/mol. The van der Waals surface area contributed by atoms with E-state index in [1.807, 2.05) is 6.07 Å². The first kappa shape index (κ1) is 12.2. The molecule has 1 fully saturated rings. The van der Waals surface area contributed by atoms with Gasteiger partial charge in [0.1, 0.15) is 4.99 Å². The van der Waals surface area contributed by atoms with Gasteiger partial charge in [0.05, 0.1) is 31.0 Å². The Morgan fingerprint density at radius 2 is 2.53 bits per heavy atom. The van der Waals surface area contributed by atoms with Crippen LogP contribution in [0.5, 0.6) is 0 Å². The number of thiocarbonyl (C=S) groups is 1. The van der Waals surface area contributed by atoms with E-state index in [0.717, 1.165) is 24.3 Å². The van der Waals surface area contributed by atoms with Crippen molar-refractivity contribution in [1.82, 2.24) is 10.2 Å². The van der Waals surface area contributed by atoms with Gasteiger partial charge in [0.15, 0.2) is 5.82 Å². The van der Waals surface area contributed by atoms with Gasteiger partial charge in [-0.25, -0.2) is 0 Å². The molecular formula is C11H16N4OS. The van der Waals surface area contributed by atoms with Crippen LogP contribution >= 0.6 is 12.2 Å². The Balaban J connectivity index is 2.34. The minimum absolute atomic E-state index is 0.313. The maximum absolute atomic E-state index is 5.71. The van der Waals surface area contributed by atoms with Crippen molar-refractivity contribution >= 4 is 23.0 Å². The lowest BCUT2D eigenvalue weighted by Crippen LogP contribution is -2.46. The van der Waals surface area contributed by atoms with Gasteiger partial charge in [-0.1, -0.05) is 19.1 Å². The molecular weight excluding hydrogens is 236 g/mol. The number of morpholine rings is 1. The zero-order valence-corrected chi connectivity index (χ0v) is 10.6. The van der Waals surface area contributed by atoms with Crippen molar-refractivity contribution in [1.29, 1.82) is 0 Å². The predicted octanol–water partition coefficient (Wildman–Crippen LogP) is 0.726. The van der Waals surface area contributed by atoms with Crippen molar-refractivity contribution in [2.45, 2.75) is 19.4 Å². The Morgan fingerprint density at radius 3 is 3.24 bits per heavy atom. The van der Waals surface area contributed by atoms with Gasteiger partial charge in [0.2, 0.25) is 0 Å². The lowest BCUT2D eigenvalue weighted by atomic mass is 10.1. The molecule has 0 amide bonds. The highest BCUT2D eigenvalue weighted by atomic mass is 32.1. The van der Waals surface area contributed by atoms with Crippen molar-refractivity contribution in [3.63, 3.8) is 0 Å². The topological polar surface area (TPSA) is 64.3 Å². The first-order valence-corrected chi connectivity index (χ1v) is 6.10. The SMILES string of the molecule is CCC1COCCN1c1nnccc1C(N)=S. The second-order valence-corrected chi connectivity index (χ2v) is 4.40. The van der Waals surface area contributed by atoms with Gasteiger partial charge in [-0.3, -0.25) is 0 Å². The van der Waals surface area contributed by atoms with Crippen molar-refractivity contribution in [3.05, 3.63) is 17.8 Å². The van der Waals surface area contributed by atoms with Crippen molar-refractivity contribution in [2.75, 3.05) is 24.7 Å². The minimum Gasteiger partial charge on any atom is -0.389 e. The number of nitrogens with zero attached hydrogens (tertiary/aromatic N) is 3. The van der Waals surface area contributed by atoms with Crippen molar-refractivity contribution in [3.8, 4) is 0 Å². The number of anilines is 1. The molecule has 1 atom stereocenters. The molecule has 0 radical (unpaired) electrons. The highest BCUT2D eigenvalue weighted by Crippen LogP contribution is 2.22. The smallest absolute Gasteiger partial charge is 0.161 e. The van der Waals surface area contributed by atoms with Gasteiger partial charge in [0.25, 0.3) is 0 Å². The molecule has 0 saturated carbocycles. The van der Waals surface area contributed by atoms with Crippen molar-refractivity contribution in [2.24, 2.45) is 5.73 Å². The first-order chi connectivity index (χ1) is 8.24. The van der Waals surface area contributed by atoms with Gasteiger partial charge in [0, 0.05) is 6.54 Å². The Labute approximate surface area is 106 Å². The summed E-state index contributed by atoms with van der Waals surface area (Å²) in [5.74, 6) is 0.773. The Kier molecular flexibility index (Phi) is 3.86. The lowest BCUT2D eigenvalue weighted by molar-refractivity contribution is 0.0924. The molecule has 1 aromatic rings. The van der Waals surface area contributed by atoms with Gasteiger partial charge in [-0.15, -0.1) is 5.10 Å². The van der Waals surface area contributed by atoms with Crippen LogP contribution in [0.2, 0.25) is 0 Å². The molecule has 92 valence electrons. The molecule has 1 unspecified atom stereocenters. The summed E-state index contributed by atoms with van der Waals surface area (Å²) in [6.07, 6.45) is 2.60. The molecule has 5 nitrogen and oxygen atoms in total. The fourth-order valence-corrected chi connectivity index (χ4v) is 2.16. The standard InChI is InChI=1S/C11H16N4OS/c1-2-8-7-16-6-5-15(8)11-9(10(12)17)3-4-13-14-11/h3-4,8H,2,5-7H2,1H3,(H2,12,17). The van der Waals surface area contributed by atoms with Gasteiger partial charge < -0.3 is 15.4 Å². The molecule has 2 rings (SSSR count). The number of nitrogens with two attached hydrogens (primary N) is 1. The Hall–Kier alpha value is -1.27. The summed E-state index contributed by atoms with van der Waals surface area (Å²) in [5.41, 5.74) is 6.50. The second-order valence-electron chi connectivity index (χ2n) is 3.96. The van der Waals surface area contributed by atoms with Crippen LogP contribution in [-0.2, 0) is 4.74 Å². The number of hydrogen-bond acceptors (Lipinski definition) is 5. The van der Waals surface area contributed by atoms with Gasteiger partial charge >= 0.3 is 0 Å². The zero-order chi connectivity index (χ0) is 12.3. The third-order valence-corrected chi connectivity index (χ3v) is 3.16. The summed E-state index contributed by atoms with van der Waals surface area (Å²) in [5, 5.41) is 8.10. The number of ether oxygens (including phenoxy) is 1. The van der Waals surface area contributed by atoms with Crippen LogP contribution in [0.4, 0.5) is 5.82 Å². The molecule has 1 saturated heterocycles. The summed E-state index contributed by atoms with van der Waals surface area (Å²) < 4.78 is 5.47. The van der Waals surface area contributed by atoms with Crippen LogP contribution in [-0.4, -0.2) is 41.0 Å². The maximum Gasteiger partial charge on any atom is 0.161 e. The van der Waals surface area contributed by atoms with Gasteiger partial charge in [-0.05, 0) is 12.5 Å². The van der Waals surface area contributed by atoms with Gasteiger partial charge in [-0.2, -0.15) is 5.10 Å². The van der Waals surface area contributed by atoms with E-state index in [2.05, 4.69) is 22.0 Å². The fourth-order valence-electron chi connectivity index (χ4n) is 2.00. The van der Waals surface area contributed by atoms with E-state index in [0.29, 0.717) is 24.2 Å². The molecule has 0 spiro atoms. The third-order valence-electron chi connectivity index (χ3n) is 2.94. The summed E-state index contributed by atoms with van der Waals surface area (Å²) in [6.45, 7) is 4.34. The zero-order valence-electron chi connectivity index (χ0n) is 9.80. The summed E-state index contributed by atoms with van der Waals surface area (Å²) in [4.78, 5) is 2.54. The average Bonchev–Trinajstić information content (AvgIpc) is 2.38. The second kappa shape index (κ2) is 5.37. The highest BCUT2D eigenvalue weighted by molar-refractivity contribution is 7.80. The molecule has 1 aliphatic heterocycles. The summed E-state index contributed by atoms with van der Waals surface area (Å²) in [7, 11) is 0. The maximum atomic E-state index is 5.71. The van der Waals surface area contributed by atoms with Crippen LogP contribution in [0.1, 0.15) is 18.9 Å². The molecule has 2 N–H and O–H groups in total. The normalized spacial score (nSPS) is 20.3. The van der Waals surface area contributed by atoms with E-state index in [9.17, 15) is 0 Å². The molecule has 1 aliphatic rings. The minimum atomic E-state index is 0.313. The fraction of sp³-hybridized carbons (Fsp3) is 0.545. The summed E-state index contributed by atoms with van der Waals surface area (Å²) in [6, 6.07) is 2.13. The highest BCUT2D eigenvalue weighted by Gasteiger charge is 2.25. The van der Waals surface area contributed by atoms with E-state index >= 15 is 0 Å². The van der Waals surface area contributed by atoms with E-state index in [1.54, 1.807) is 6.20 Å². The Morgan fingerprint density at radius 1 is 1.71 bits per heavy atom. The molecule has 6 heteroatoms. The molecule has 1 aromatic heterocycles. The largest absolute Gasteiger partial charge is 0.389 e. The Bertz CT molecular complexity index is 412. The number of rotatable bonds is 3. The molecule has 2 heterocycles. The quantitative estimate of drug-likeness (QED) is 0.800. The first-order valence-electron chi connectivity index (χ1n) is 5.70. The number of aromatic nitrogens is 2. The van der Waals surface area contributed by atoms with E-state index in [1.165, 1.54) is 0 Å². The third kappa shape index (κ3) is 2.53. The monoisotopic (exact) mass is 252 g/mol. The molecule has 0 aromatic carbocycles. The summed E-state index contributed by atoms with van der Waals surface area (Å²) >= 11 is 5.05. The van der Waals surface area contributed by atoms with Crippen LogP contribution in [0.25, 0.3) is 0 Å². The van der Waals surface area contributed by atoms with Crippen LogP contribution in [0, 0.1) is 0 Å². The van der Waals surface area contributed by atoms with E-state index < -0.39 is 0 Å².